The Bertz CT molecular complexity index is 1000. The lowest BCUT2D eigenvalue weighted by Crippen LogP contribution is -2.43. The molecular formula is C27H31N3O3. The first-order valence-electron chi connectivity index (χ1n) is 11.7. The molecule has 3 aromatic rings. The molecule has 2 amide bonds. The van der Waals surface area contributed by atoms with E-state index < -0.39 is 5.92 Å². The van der Waals surface area contributed by atoms with E-state index in [0.29, 0.717) is 24.0 Å². The molecule has 1 N–H and O–H groups in total. The van der Waals surface area contributed by atoms with Gasteiger partial charge in [0.15, 0.2) is 5.82 Å². The molecule has 172 valence electrons. The number of aromatic nitrogens is 1. The standard InChI is InChI=1S/C27H31N3O3/c1-20-17-24(29-33-20)28-25(31)19-30(18-21-11-5-2-6-12-21)27(32)26(22-13-7-3-8-14-22)23-15-9-4-10-16-23/h3-4,7-10,13-17,21,26H,2,5-6,11-12,18-19H2,1H3,(H,28,29,31). The van der Waals surface area contributed by atoms with Crippen molar-refractivity contribution < 1.29 is 14.1 Å². The van der Waals surface area contributed by atoms with E-state index in [9.17, 15) is 9.59 Å². The highest BCUT2D eigenvalue weighted by Crippen LogP contribution is 2.29. The first kappa shape index (κ1) is 22.8. The van der Waals surface area contributed by atoms with Crippen LogP contribution in [0.2, 0.25) is 0 Å². The van der Waals surface area contributed by atoms with Crippen LogP contribution >= 0.6 is 0 Å². The minimum atomic E-state index is -0.460. The van der Waals surface area contributed by atoms with E-state index in [2.05, 4.69) is 10.5 Å². The van der Waals surface area contributed by atoms with Crippen LogP contribution in [0.25, 0.3) is 0 Å². The third-order valence-electron chi connectivity index (χ3n) is 6.26. The van der Waals surface area contributed by atoms with Crippen LogP contribution in [-0.2, 0) is 9.59 Å². The van der Waals surface area contributed by atoms with Crippen LogP contribution in [0.15, 0.2) is 71.3 Å². The zero-order valence-corrected chi connectivity index (χ0v) is 19.1. The lowest BCUT2D eigenvalue weighted by molar-refractivity contribution is -0.136. The number of nitrogens with one attached hydrogen (secondary N) is 1. The van der Waals surface area contributed by atoms with Gasteiger partial charge in [0, 0.05) is 12.6 Å². The van der Waals surface area contributed by atoms with Crippen LogP contribution in [-0.4, -0.2) is 35.0 Å². The van der Waals surface area contributed by atoms with E-state index in [-0.39, 0.29) is 18.4 Å². The zero-order valence-electron chi connectivity index (χ0n) is 19.1. The summed E-state index contributed by atoms with van der Waals surface area (Å²) in [5, 5.41) is 6.61. The smallest absolute Gasteiger partial charge is 0.245 e. The second-order valence-corrected chi connectivity index (χ2v) is 8.85. The van der Waals surface area contributed by atoms with Crippen LogP contribution in [0.4, 0.5) is 5.82 Å². The van der Waals surface area contributed by atoms with E-state index in [4.69, 9.17) is 4.52 Å². The van der Waals surface area contributed by atoms with Gasteiger partial charge in [0.25, 0.3) is 0 Å². The predicted octanol–water partition coefficient (Wildman–Crippen LogP) is 5.16. The maximum atomic E-state index is 14.0. The van der Waals surface area contributed by atoms with Crippen LogP contribution in [0.3, 0.4) is 0 Å². The highest BCUT2D eigenvalue weighted by molar-refractivity contribution is 5.95. The molecule has 0 bridgehead atoms. The third-order valence-corrected chi connectivity index (χ3v) is 6.26. The number of hydrogen-bond donors (Lipinski definition) is 1. The molecular weight excluding hydrogens is 414 g/mol. The molecule has 0 aliphatic heterocycles. The average molecular weight is 446 g/mol. The Morgan fingerprint density at radius 3 is 2.15 bits per heavy atom. The molecule has 0 unspecified atom stereocenters. The molecule has 33 heavy (non-hydrogen) atoms. The Balaban J connectivity index is 1.60. The van der Waals surface area contributed by atoms with E-state index in [1.165, 1.54) is 19.3 Å². The normalized spacial score (nSPS) is 14.2. The van der Waals surface area contributed by atoms with Gasteiger partial charge >= 0.3 is 0 Å². The quantitative estimate of drug-likeness (QED) is 0.519. The summed E-state index contributed by atoms with van der Waals surface area (Å²) in [4.78, 5) is 28.6. The SMILES string of the molecule is Cc1cc(NC(=O)CN(CC2CCCCC2)C(=O)C(c2ccccc2)c2ccccc2)no1. The summed E-state index contributed by atoms with van der Waals surface area (Å²) in [5.41, 5.74) is 1.85. The van der Waals surface area contributed by atoms with Crippen molar-refractivity contribution in [3.8, 4) is 0 Å². The van der Waals surface area contributed by atoms with Crippen molar-refractivity contribution >= 4 is 17.6 Å². The van der Waals surface area contributed by atoms with Crippen molar-refractivity contribution in [3.63, 3.8) is 0 Å². The summed E-state index contributed by atoms with van der Waals surface area (Å²) < 4.78 is 5.05. The number of anilines is 1. The van der Waals surface area contributed by atoms with Gasteiger partial charge in [-0.2, -0.15) is 0 Å². The summed E-state index contributed by atoms with van der Waals surface area (Å²) in [7, 11) is 0. The summed E-state index contributed by atoms with van der Waals surface area (Å²) >= 11 is 0. The molecule has 2 aromatic carbocycles. The average Bonchev–Trinajstić information content (AvgIpc) is 3.25. The van der Waals surface area contributed by atoms with Crippen LogP contribution in [0.1, 0.15) is 54.9 Å². The molecule has 6 heteroatoms. The van der Waals surface area contributed by atoms with Crippen LogP contribution in [0, 0.1) is 12.8 Å². The Morgan fingerprint density at radius 1 is 1.00 bits per heavy atom. The van der Waals surface area contributed by atoms with Crippen molar-refractivity contribution in [1.29, 1.82) is 0 Å². The topological polar surface area (TPSA) is 75.4 Å². The van der Waals surface area contributed by atoms with Gasteiger partial charge in [-0.25, -0.2) is 0 Å². The molecule has 0 spiro atoms. The summed E-state index contributed by atoms with van der Waals surface area (Å²) in [5.74, 6) is 0.616. The maximum absolute atomic E-state index is 14.0. The number of carbonyl (C=O) groups is 2. The molecule has 1 aliphatic carbocycles. The molecule has 0 atom stereocenters. The van der Waals surface area contributed by atoms with Gasteiger partial charge in [-0.1, -0.05) is 85.1 Å². The van der Waals surface area contributed by atoms with Gasteiger partial charge in [-0.05, 0) is 36.8 Å². The minimum Gasteiger partial charge on any atom is -0.360 e. The fraction of sp³-hybridized carbons (Fsp3) is 0.370. The van der Waals surface area contributed by atoms with Gasteiger partial charge in [0.1, 0.15) is 5.76 Å². The van der Waals surface area contributed by atoms with Gasteiger partial charge < -0.3 is 14.7 Å². The van der Waals surface area contributed by atoms with E-state index in [0.717, 1.165) is 24.0 Å². The largest absolute Gasteiger partial charge is 0.360 e. The van der Waals surface area contributed by atoms with Crippen molar-refractivity contribution in [2.24, 2.45) is 5.92 Å². The number of hydrogen-bond acceptors (Lipinski definition) is 4. The molecule has 1 aromatic heterocycles. The van der Waals surface area contributed by atoms with Crippen LogP contribution < -0.4 is 5.32 Å². The first-order chi connectivity index (χ1) is 16.1. The molecule has 6 nitrogen and oxygen atoms in total. The Kier molecular flexibility index (Phi) is 7.55. The minimum absolute atomic E-state index is 0.0165. The number of aryl methyl sites for hydroxylation is 1. The monoisotopic (exact) mass is 445 g/mol. The number of rotatable bonds is 8. The van der Waals surface area contributed by atoms with E-state index in [1.807, 2.05) is 60.7 Å². The van der Waals surface area contributed by atoms with Gasteiger partial charge in [-0.3, -0.25) is 9.59 Å². The van der Waals surface area contributed by atoms with Crippen LogP contribution in [0.5, 0.6) is 0 Å². The van der Waals surface area contributed by atoms with Gasteiger partial charge in [-0.15, -0.1) is 0 Å². The lowest BCUT2D eigenvalue weighted by Gasteiger charge is -2.32. The fourth-order valence-electron chi connectivity index (χ4n) is 4.65. The molecule has 0 radical (unpaired) electrons. The Morgan fingerprint density at radius 2 is 1.61 bits per heavy atom. The highest BCUT2D eigenvalue weighted by atomic mass is 16.5. The summed E-state index contributed by atoms with van der Waals surface area (Å²) in [6.45, 7) is 2.34. The summed E-state index contributed by atoms with van der Waals surface area (Å²) in [6, 6.07) is 21.3. The van der Waals surface area contributed by atoms with Crippen molar-refractivity contribution in [3.05, 3.63) is 83.6 Å². The second kappa shape index (κ2) is 10.9. The van der Waals surface area contributed by atoms with E-state index >= 15 is 0 Å². The molecule has 0 saturated heterocycles. The molecule has 1 fully saturated rings. The second-order valence-electron chi connectivity index (χ2n) is 8.85. The zero-order chi connectivity index (χ0) is 23.0. The number of benzene rings is 2. The molecule has 1 aliphatic rings. The Hall–Kier alpha value is -3.41. The fourth-order valence-corrected chi connectivity index (χ4v) is 4.65. The predicted molar refractivity (Wildman–Crippen MR) is 128 cm³/mol. The van der Waals surface area contributed by atoms with Crippen molar-refractivity contribution in [1.82, 2.24) is 10.1 Å². The highest BCUT2D eigenvalue weighted by Gasteiger charge is 2.30. The first-order valence-corrected chi connectivity index (χ1v) is 11.7. The van der Waals surface area contributed by atoms with Gasteiger partial charge in [0.05, 0.1) is 12.5 Å². The summed E-state index contributed by atoms with van der Waals surface area (Å²) in [6.07, 6.45) is 5.79. The number of amides is 2. The maximum Gasteiger partial charge on any atom is 0.245 e. The van der Waals surface area contributed by atoms with Crippen molar-refractivity contribution in [2.75, 3.05) is 18.4 Å². The molecule has 1 saturated carbocycles. The number of nitrogens with zero attached hydrogens (tertiary/aromatic N) is 2. The van der Waals surface area contributed by atoms with E-state index in [1.54, 1.807) is 17.9 Å². The number of carbonyl (C=O) groups excluding carboxylic acids is 2. The molecule has 4 rings (SSSR count). The Labute approximate surface area is 195 Å². The van der Waals surface area contributed by atoms with Gasteiger partial charge in [0.2, 0.25) is 11.8 Å². The third kappa shape index (κ3) is 6.09. The molecule has 1 heterocycles. The lowest BCUT2D eigenvalue weighted by atomic mass is 9.87. The van der Waals surface area contributed by atoms with Crippen molar-refractivity contribution in [2.45, 2.75) is 44.9 Å².